The Morgan fingerprint density at radius 2 is 1.55 bits per heavy atom. The number of hydrogen-bond donors (Lipinski definition) is 1. The van der Waals surface area contributed by atoms with E-state index < -0.39 is 8.32 Å². The summed E-state index contributed by atoms with van der Waals surface area (Å²) in [6.07, 6.45) is 6.53. The zero-order chi connectivity index (χ0) is 8.54. The van der Waals surface area contributed by atoms with E-state index in [1.165, 1.54) is 32.1 Å². The highest BCUT2D eigenvalue weighted by molar-refractivity contribution is 6.73. The van der Waals surface area contributed by atoms with Gasteiger partial charge in [-0.25, -0.2) is 0 Å². The zero-order valence-electron chi connectivity index (χ0n) is 7.98. The largest absolute Gasteiger partial charge is 0.432 e. The van der Waals surface area contributed by atoms with Crippen LogP contribution in [0.25, 0.3) is 0 Å². The summed E-state index contributed by atoms with van der Waals surface area (Å²) in [6, 6.07) is 0. The third-order valence-electron chi connectivity index (χ3n) is 3.43. The summed E-state index contributed by atoms with van der Waals surface area (Å²) in [5.74, 6) is 0. The Balaban J connectivity index is 2.64. The highest BCUT2D eigenvalue weighted by Gasteiger charge is 2.42. The van der Waals surface area contributed by atoms with Crippen LogP contribution in [0.2, 0.25) is 18.1 Å². The van der Waals surface area contributed by atoms with Gasteiger partial charge in [0.15, 0.2) is 8.32 Å². The molecule has 0 radical (unpaired) electrons. The van der Waals surface area contributed by atoms with E-state index in [1.807, 2.05) is 0 Å². The molecule has 1 fully saturated rings. The molecule has 1 aliphatic rings. The van der Waals surface area contributed by atoms with Crippen LogP contribution in [0.1, 0.15) is 39.0 Å². The van der Waals surface area contributed by atoms with Crippen molar-refractivity contribution in [2.75, 3.05) is 0 Å². The zero-order valence-corrected chi connectivity index (χ0v) is 8.98. The van der Waals surface area contributed by atoms with E-state index in [9.17, 15) is 4.80 Å². The molecular weight excluding hydrogens is 152 g/mol. The molecule has 1 N–H and O–H groups in total. The Hall–Kier alpha value is 0.177. The van der Waals surface area contributed by atoms with Crippen LogP contribution in [0.3, 0.4) is 0 Å². The molecule has 0 aliphatic heterocycles. The third kappa shape index (κ3) is 1.85. The lowest BCUT2D eigenvalue weighted by atomic mass is 9.90. The van der Waals surface area contributed by atoms with Gasteiger partial charge in [-0.15, -0.1) is 0 Å². The van der Waals surface area contributed by atoms with Gasteiger partial charge in [0.05, 0.1) is 0 Å². The standard InChI is InChI=1S/C9H20OSi/c1-9(11(2,3)10)7-5-4-6-8-9/h10H,4-8H2,1-3H3. The number of hydrogen-bond acceptors (Lipinski definition) is 1. The van der Waals surface area contributed by atoms with Crippen molar-refractivity contribution in [3.63, 3.8) is 0 Å². The summed E-state index contributed by atoms with van der Waals surface area (Å²) >= 11 is 0. The van der Waals surface area contributed by atoms with Crippen LogP contribution >= 0.6 is 0 Å². The van der Waals surface area contributed by atoms with E-state index in [2.05, 4.69) is 20.0 Å². The first kappa shape index (κ1) is 9.27. The second kappa shape index (κ2) is 2.90. The molecule has 0 aromatic rings. The van der Waals surface area contributed by atoms with Gasteiger partial charge in [-0.1, -0.05) is 26.2 Å². The summed E-state index contributed by atoms with van der Waals surface area (Å²) in [5.41, 5.74) is 0. The maximum Gasteiger partial charge on any atom is 0.188 e. The van der Waals surface area contributed by atoms with Gasteiger partial charge in [0.1, 0.15) is 0 Å². The second-order valence-corrected chi connectivity index (χ2v) is 9.01. The smallest absolute Gasteiger partial charge is 0.188 e. The van der Waals surface area contributed by atoms with Gasteiger partial charge < -0.3 is 4.80 Å². The van der Waals surface area contributed by atoms with Crippen molar-refractivity contribution in [3.8, 4) is 0 Å². The maximum atomic E-state index is 10.0. The molecule has 0 bridgehead atoms. The lowest BCUT2D eigenvalue weighted by molar-refractivity contribution is 0.345. The lowest BCUT2D eigenvalue weighted by Gasteiger charge is -2.41. The number of rotatable bonds is 1. The molecule has 0 heterocycles. The molecule has 0 aromatic carbocycles. The monoisotopic (exact) mass is 172 g/mol. The topological polar surface area (TPSA) is 20.2 Å². The summed E-state index contributed by atoms with van der Waals surface area (Å²) in [6.45, 7) is 6.44. The SMILES string of the molecule is CC1([Si](C)(C)O)CCCCC1. The Morgan fingerprint density at radius 3 is 1.82 bits per heavy atom. The van der Waals surface area contributed by atoms with Gasteiger partial charge in [0.2, 0.25) is 0 Å². The average molecular weight is 172 g/mol. The highest BCUT2D eigenvalue weighted by Crippen LogP contribution is 2.48. The fraction of sp³-hybridized carbons (Fsp3) is 1.00. The summed E-state index contributed by atoms with van der Waals surface area (Å²) < 4.78 is 0. The Kier molecular flexibility index (Phi) is 2.45. The third-order valence-corrected chi connectivity index (χ3v) is 6.89. The van der Waals surface area contributed by atoms with E-state index in [1.54, 1.807) is 0 Å². The Bertz CT molecular complexity index is 131. The van der Waals surface area contributed by atoms with Crippen molar-refractivity contribution in [2.45, 2.75) is 57.2 Å². The predicted molar refractivity (Wildman–Crippen MR) is 51.2 cm³/mol. The minimum Gasteiger partial charge on any atom is -0.432 e. The summed E-state index contributed by atoms with van der Waals surface area (Å²) in [5, 5.41) is 0.311. The van der Waals surface area contributed by atoms with Crippen molar-refractivity contribution in [2.24, 2.45) is 0 Å². The summed E-state index contributed by atoms with van der Waals surface area (Å²) in [4.78, 5) is 10.0. The van der Waals surface area contributed by atoms with Crippen LogP contribution in [0, 0.1) is 0 Å². The molecule has 1 nitrogen and oxygen atoms in total. The van der Waals surface area contributed by atoms with Crippen LogP contribution < -0.4 is 0 Å². The molecule has 1 saturated carbocycles. The molecule has 0 aromatic heterocycles. The van der Waals surface area contributed by atoms with Gasteiger partial charge in [-0.05, 0) is 31.0 Å². The summed E-state index contributed by atoms with van der Waals surface area (Å²) in [7, 11) is -1.88. The minimum absolute atomic E-state index is 0.311. The molecule has 0 amide bonds. The quantitative estimate of drug-likeness (QED) is 0.603. The predicted octanol–water partition coefficient (Wildman–Crippen LogP) is 2.91. The van der Waals surface area contributed by atoms with E-state index in [4.69, 9.17) is 0 Å². The average Bonchev–Trinajstić information content (AvgIpc) is 1.87. The van der Waals surface area contributed by atoms with Crippen LogP contribution in [-0.2, 0) is 0 Å². The molecular formula is C9H20OSi. The second-order valence-electron chi connectivity index (χ2n) is 4.68. The first-order valence-electron chi connectivity index (χ1n) is 4.68. The van der Waals surface area contributed by atoms with Gasteiger partial charge in [0, 0.05) is 0 Å². The maximum absolute atomic E-state index is 10.0. The molecule has 66 valence electrons. The molecule has 0 unspecified atom stereocenters. The highest BCUT2D eigenvalue weighted by atomic mass is 28.4. The normalized spacial score (nSPS) is 25.1. The van der Waals surface area contributed by atoms with Gasteiger partial charge in [0.25, 0.3) is 0 Å². The lowest BCUT2D eigenvalue weighted by Crippen LogP contribution is -2.42. The first-order valence-corrected chi connectivity index (χ1v) is 7.63. The van der Waals surface area contributed by atoms with Crippen LogP contribution in [0.4, 0.5) is 0 Å². The minimum atomic E-state index is -1.88. The molecule has 11 heavy (non-hydrogen) atoms. The Morgan fingerprint density at radius 1 is 1.09 bits per heavy atom. The molecule has 0 atom stereocenters. The van der Waals surface area contributed by atoms with Crippen molar-refractivity contribution >= 4 is 8.32 Å². The van der Waals surface area contributed by atoms with Crippen LogP contribution in [-0.4, -0.2) is 13.1 Å². The van der Waals surface area contributed by atoms with E-state index in [-0.39, 0.29) is 0 Å². The first-order chi connectivity index (χ1) is 4.96. The van der Waals surface area contributed by atoms with Crippen molar-refractivity contribution in [1.29, 1.82) is 0 Å². The fourth-order valence-electron chi connectivity index (χ4n) is 1.94. The van der Waals surface area contributed by atoms with Crippen molar-refractivity contribution < 1.29 is 4.80 Å². The van der Waals surface area contributed by atoms with Gasteiger partial charge in [-0.2, -0.15) is 0 Å². The molecule has 2 heteroatoms. The van der Waals surface area contributed by atoms with Crippen LogP contribution in [0.15, 0.2) is 0 Å². The van der Waals surface area contributed by atoms with Gasteiger partial charge >= 0.3 is 0 Å². The molecule has 0 saturated heterocycles. The molecule has 1 aliphatic carbocycles. The van der Waals surface area contributed by atoms with Gasteiger partial charge in [-0.3, -0.25) is 0 Å². The molecule has 0 spiro atoms. The van der Waals surface area contributed by atoms with Crippen molar-refractivity contribution in [3.05, 3.63) is 0 Å². The van der Waals surface area contributed by atoms with E-state index in [0.717, 1.165) is 0 Å². The van der Waals surface area contributed by atoms with E-state index >= 15 is 0 Å². The fourth-order valence-corrected chi connectivity index (χ4v) is 3.52. The molecule has 1 rings (SSSR count). The Labute approximate surface area is 71.0 Å². The van der Waals surface area contributed by atoms with Crippen molar-refractivity contribution in [1.82, 2.24) is 0 Å². The van der Waals surface area contributed by atoms with Crippen LogP contribution in [0.5, 0.6) is 0 Å². The van der Waals surface area contributed by atoms with E-state index in [0.29, 0.717) is 5.04 Å².